The van der Waals surface area contributed by atoms with Gasteiger partial charge in [0.2, 0.25) is 0 Å². The molecule has 3 heteroatoms. The maximum Gasteiger partial charge on any atom is 0.0499 e. The van der Waals surface area contributed by atoms with Crippen LogP contribution in [0.15, 0.2) is 0 Å². The first-order valence-corrected chi connectivity index (χ1v) is 4.39. The first kappa shape index (κ1) is 6.95. The lowest BCUT2D eigenvalue weighted by molar-refractivity contribution is 0.293. The molecule has 0 amide bonds. The van der Waals surface area contributed by atoms with Crippen LogP contribution in [0.2, 0.25) is 0 Å². The summed E-state index contributed by atoms with van der Waals surface area (Å²) in [6.07, 6.45) is 0. The molecule has 2 N–H and O–H groups in total. The predicted octanol–water partition coefficient (Wildman–Crippen LogP) is 0.151. The fourth-order valence-electron chi connectivity index (χ4n) is 1.91. The van der Waals surface area contributed by atoms with E-state index in [9.17, 15) is 0 Å². The molecule has 2 rings (SSSR count). The van der Waals surface area contributed by atoms with Crippen molar-refractivity contribution in [1.82, 2.24) is 4.90 Å². The van der Waals surface area contributed by atoms with Gasteiger partial charge in [0, 0.05) is 24.5 Å². The second-order valence-corrected chi connectivity index (χ2v) is 4.24. The fraction of sp³-hybridized carbons (Fsp3) is 1.00. The molecule has 2 fully saturated rings. The van der Waals surface area contributed by atoms with E-state index in [1.807, 2.05) is 0 Å². The molecule has 2 aliphatic rings. The molecule has 0 aromatic carbocycles. The molecule has 1 heterocycles. The summed E-state index contributed by atoms with van der Waals surface area (Å²) in [5.74, 6) is 1.60. The first-order chi connectivity index (χ1) is 4.70. The zero-order chi connectivity index (χ0) is 7.30. The van der Waals surface area contributed by atoms with Crippen molar-refractivity contribution in [3.63, 3.8) is 0 Å². The largest absolute Gasteiger partial charge is 0.327 e. The van der Waals surface area contributed by atoms with E-state index in [0.717, 1.165) is 11.8 Å². The Kier molecular flexibility index (Phi) is 1.48. The average Bonchev–Trinajstić information content (AvgIpc) is 2.38. The molecule has 0 bridgehead atoms. The van der Waals surface area contributed by atoms with Gasteiger partial charge in [-0.3, -0.25) is 4.90 Å². The number of hydrogen-bond donors (Lipinski definition) is 2. The third kappa shape index (κ3) is 0.881. The Morgan fingerprint density at radius 2 is 2.00 bits per heavy atom. The summed E-state index contributed by atoms with van der Waals surface area (Å²) >= 11 is 4.37. The van der Waals surface area contributed by atoms with Crippen LogP contribution in [0.5, 0.6) is 0 Å². The van der Waals surface area contributed by atoms with Gasteiger partial charge in [0.05, 0.1) is 0 Å². The minimum Gasteiger partial charge on any atom is -0.327 e. The summed E-state index contributed by atoms with van der Waals surface area (Å²) in [5.41, 5.74) is 5.78. The monoisotopic (exact) mass is 158 g/mol. The van der Waals surface area contributed by atoms with Crippen LogP contribution in [-0.4, -0.2) is 29.4 Å². The van der Waals surface area contributed by atoms with E-state index in [1.165, 1.54) is 13.1 Å². The minimum absolute atomic E-state index is 0.417. The lowest BCUT2D eigenvalue weighted by atomic mass is 10.4. The lowest BCUT2D eigenvalue weighted by Crippen LogP contribution is -2.32. The molecule has 1 unspecified atom stereocenters. The number of thiol groups is 1. The summed E-state index contributed by atoms with van der Waals surface area (Å²) in [6.45, 7) is 4.48. The number of likely N-dealkylation sites (tertiary alicyclic amines) is 1. The lowest BCUT2D eigenvalue weighted by Gasteiger charge is -2.21. The van der Waals surface area contributed by atoms with Crippen molar-refractivity contribution in [3.8, 4) is 0 Å². The van der Waals surface area contributed by atoms with Crippen molar-refractivity contribution in [2.45, 2.75) is 18.3 Å². The number of rotatable bonds is 1. The van der Waals surface area contributed by atoms with Gasteiger partial charge in [-0.1, -0.05) is 0 Å². The second kappa shape index (κ2) is 2.13. The molecular weight excluding hydrogens is 144 g/mol. The SMILES string of the molecule is CC(S)N1C[C@@H]2[C@@H](N)[C@@H]2C1. The second-order valence-electron chi connectivity index (χ2n) is 3.49. The van der Waals surface area contributed by atoms with Gasteiger partial charge in [-0.15, -0.1) is 0 Å². The van der Waals surface area contributed by atoms with Gasteiger partial charge in [0.1, 0.15) is 0 Å². The van der Waals surface area contributed by atoms with Gasteiger partial charge >= 0.3 is 0 Å². The van der Waals surface area contributed by atoms with Crippen LogP contribution in [0.1, 0.15) is 6.92 Å². The Hall–Kier alpha value is 0.270. The van der Waals surface area contributed by atoms with E-state index >= 15 is 0 Å². The fourth-order valence-corrected chi connectivity index (χ4v) is 2.10. The highest BCUT2D eigenvalue weighted by molar-refractivity contribution is 7.80. The summed E-state index contributed by atoms with van der Waals surface area (Å²) in [5, 5.41) is 0.417. The van der Waals surface area contributed by atoms with Crippen LogP contribution in [0.3, 0.4) is 0 Å². The summed E-state index contributed by atoms with van der Waals surface area (Å²) in [7, 11) is 0. The van der Waals surface area contributed by atoms with Crippen molar-refractivity contribution >= 4 is 12.6 Å². The molecule has 0 spiro atoms. The number of nitrogens with zero attached hydrogens (tertiary/aromatic N) is 1. The van der Waals surface area contributed by atoms with Gasteiger partial charge in [0.25, 0.3) is 0 Å². The summed E-state index contributed by atoms with van der Waals surface area (Å²) in [6, 6.07) is 0.517. The van der Waals surface area contributed by atoms with Crippen molar-refractivity contribution in [2.75, 3.05) is 13.1 Å². The summed E-state index contributed by atoms with van der Waals surface area (Å²) < 4.78 is 0. The van der Waals surface area contributed by atoms with Crippen LogP contribution in [0, 0.1) is 11.8 Å². The zero-order valence-electron chi connectivity index (χ0n) is 6.20. The zero-order valence-corrected chi connectivity index (χ0v) is 7.09. The van der Waals surface area contributed by atoms with Crippen LogP contribution in [0.4, 0.5) is 0 Å². The maximum atomic E-state index is 5.78. The van der Waals surface area contributed by atoms with Crippen molar-refractivity contribution in [3.05, 3.63) is 0 Å². The van der Waals surface area contributed by atoms with Crippen molar-refractivity contribution < 1.29 is 0 Å². The van der Waals surface area contributed by atoms with Crippen LogP contribution in [0.25, 0.3) is 0 Å². The van der Waals surface area contributed by atoms with E-state index in [0.29, 0.717) is 11.4 Å². The highest BCUT2D eigenvalue weighted by Gasteiger charge is 2.53. The molecule has 58 valence electrons. The van der Waals surface area contributed by atoms with Crippen molar-refractivity contribution in [1.29, 1.82) is 0 Å². The molecule has 0 radical (unpaired) electrons. The topological polar surface area (TPSA) is 29.3 Å². The van der Waals surface area contributed by atoms with E-state index < -0.39 is 0 Å². The average molecular weight is 158 g/mol. The molecule has 0 aromatic heterocycles. The molecule has 4 atom stereocenters. The first-order valence-electron chi connectivity index (χ1n) is 3.88. The highest BCUT2D eigenvalue weighted by Crippen LogP contribution is 2.44. The highest BCUT2D eigenvalue weighted by atomic mass is 32.1. The Bertz CT molecular complexity index is 137. The molecular formula is C7H14N2S. The van der Waals surface area contributed by atoms with Gasteiger partial charge in [-0.05, 0) is 18.8 Å². The van der Waals surface area contributed by atoms with Gasteiger partial charge in [0.15, 0.2) is 0 Å². The summed E-state index contributed by atoms with van der Waals surface area (Å²) in [4.78, 5) is 2.39. The van der Waals surface area contributed by atoms with E-state index in [4.69, 9.17) is 5.73 Å². The Labute approximate surface area is 67.2 Å². The van der Waals surface area contributed by atoms with Crippen LogP contribution in [-0.2, 0) is 0 Å². The Balaban J connectivity index is 1.89. The van der Waals surface area contributed by atoms with Gasteiger partial charge in [-0.2, -0.15) is 12.6 Å². The third-order valence-electron chi connectivity index (χ3n) is 2.82. The van der Waals surface area contributed by atoms with Crippen LogP contribution < -0.4 is 5.73 Å². The molecule has 1 aliphatic carbocycles. The molecule has 1 saturated carbocycles. The molecule has 1 saturated heterocycles. The Morgan fingerprint density at radius 1 is 1.50 bits per heavy atom. The molecule has 1 aliphatic heterocycles. The minimum atomic E-state index is 0.417. The number of hydrogen-bond acceptors (Lipinski definition) is 3. The maximum absolute atomic E-state index is 5.78. The molecule has 10 heavy (non-hydrogen) atoms. The number of piperidine rings is 1. The number of nitrogens with two attached hydrogens (primary N) is 1. The van der Waals surface area contributed by atoms with Gasteiger partial charge < -0.3 is 5.73 Å². The molecule has 2 nitrogen and oxygen atoms in total. The van der Waals surface area contributed by atoms with Crippen LogP contribution >= 0.6 is 12.6 Å². The predicted molar refractivity (Wildman–Crippen MR) is 45.0 cm³/mol. The number of fused-ring (bicyclic) bond motifs is 1. The van der Waals surface area contributed by atoms with E-state index in [1.54, 1.807) is 0 Å². The van der Waals surface area contributed by atoms with Gasteiger partial charge in [-0.25, -0.2) is 0 Å². The quantitative estimate of drug-likeness (QED) is 0.532. The van der Waals surface area contributed by atoms with E-state index in [-0.39, 0.29) is 0 Å². The Morgan fingerprint density at radius 3 is 2.40 bits per heavy atom. The van der Waals surface area contributed by atoms with E-state index in [2.05, 4.69) is 24.5 Å². The third-order valence-corrected chi connectivity index (χ3v) is 3.14. The smallest absolute Gasteiger partial charge is 0.0499 e. The normalized spacial score (nSPS) is 48.9. The molecule has 0 aromatic rings. The standard InChI is InChI=1S/C7H14N2S/c1-4(10)9-2-5-6(3-9)7(5)8/h4-7,10H,2-3,8H2,1H3/t4?,5-,6+,7+. The van der Waals surface area contributed by atoms with Crippen molar-refractivity contribution in [2.24, 2.45) is 17.6 Å².